The van der Waals surface area contributed by atoms with Gasteiger partial charge in [-0.05, 0) is 25.8 Å². The molecule has 0 spiro atoms. The van der Waals surface area contributed by atoms with Gasteiger partial charge in [0, 0.05) is 32.8 Å². The van der Waals surface area contributed by atoms with Crippen LogP contribution >= 0.6 is 0 Å². The molecule has 0 saturated heterocycles. The third kappa shape index (κ3) is 6.14. The molecule has 0 aromatic carbocycles. The van der Waals surface area contributed by atoms with Crippen LogP contribution in [0, 0.1) is 5.92 Å². The summed E-state index contributed by atoms with van der Waals surface area (Å²) in [6.07, 6.45) is 4.97. The molecule has 18 heavy (non-hydrogen) atoms. The molecule has 1 aliphatic rings. The molecular formula is C14H30N2O2. The van der Waals surface area contributed by atoms with Crippen LogP contribution in [0.15, 0.2) is 0 Å². The van der Waals surface area contributed by atoms with Gasteiger partial charge in [-0.3, -0.25) is 0 Å². The lowest BCUT2D eigenvalue weighted by Gasteiger charge is -2.35. The van der Waals surface area contributed by atoms with Crippen LogP contribution in [0.3, 0.4) is 0 Å². The molecule has 0 radical (unpaired) electrons. The predicted molar refractivity (Wildman–Crippen MR) is 74.8 cm³/mol. The van der Waals surface area contributed by atoms with Gasteiger partial charge in [-0.2, -0.15) is 0 Å². The van der Waals surface area contributed by atoms with Gasteiger partial charge in [0.1, 0.15) is 0 Å². The summed E-state index contributed by atoms with van der Waals surface area (Å²) in [4.78, 5) is 2.33. The Kier molecular flexibility index (Phi) is 7.82. The number of aliphatic hydroxyl groups is 1. The smallest absolute Gasteiger partial charge is 0.0791 e. The normalized spacial score (nSPS) is 26.5. The SMILES string of the molecule is COCCNCC(O)CN(C)C1CCCC(C)C1. The Morgan fingerprint density at radius 3 is 2.89 bits per heavy atom. The van der Waals surface area contributed by atoms with Crippen LogP contribution in [0.2, 0.25) is 0 Å². The summed E-state index contributed by atoms with van der Waals surface area (Å²) >= 11 is 0. The lowest BCUT2D eigenvalue weighted by Crippen LogP contribution is -2.43. The first-order valence-corrected chi connectivity index (χ1v) is 7.21. The molecule has 0 amide bonds. The first-order valence-electron chi connectivity index (χ1n) is 7.21. The summed E-state index contributed by atoms with van der Waals surface area (Å²) in [7, 11) is 3.83. The van der Waals surface area contributed by atoms with Gasteiger partial charge in [0.15, 0.2) is 0 Å². The fourth-order valence-electron chi connectivity index (χ4n) is 2.79. The highest BCUT2D eigenvalue weighted by Gasteiger charge is 2.23. The number of nitrogens with zero attached hydrogens (tertiary/aromatic N) is 1. The Hall–Kier alpha value is -0.160. The van der Waals surface area contributed by atoms with Crippen molar-refractivity contribution in [2.24, 2.45) is 5.92 Å². The molecule has 3 unspecified atom stereocenters. The van der Waals surface area contributed by atoms with E-state index in [1.165, 1.54) is 25.7 Å². The molecule has 2 N–H and O–H groups in total. The van der Waals surface area contributed by atoms with E-state index in [-0.39, 0.29) is 6.10 Å². The van der Waals surface area contributed by atoms with E-state index in [1.54, 1.807) is 7.11 Å². The van der Waals surface area contributed by atoms with E-state index < -0.39 is 0 Å². The van der Waals surface area contributed by atoms with Gasteiger partial charge in [-0.1, -0.05) is 19.8 Å². The summed E-state index contributed by atoms with van der Waals surface area (Å²) in [5.74, 6) is 0.836. The topological polar surface area (TPSA) is 44.7 Å². The van der Waals surface area contributed by atoms with E-state index in [0.717, 1.165) is 19.0 Å². The summed E-state index contributed by atoms with van der Waals surface area (Å²) in [6, 6.07) is 0.655. The van der Waals surface area contributed by atoms with E-state index in [1.807, 2.05) is 0 Å². The van der Waals surface area contributed by atoms with Gasteiger partial charge >= 0.3 is 0 Å². The standard InChI is InChI=1S/C14H30N2O2/c1-12-5-4-6-13(9-12)16(2)11-14(17)10-15-7-8-18-3/h12-15,17H,4-11H2,1-3H3. The molecule has 4 heteroatoms. The summed E-state index contributed by atoms with van der Waals surface area (Å²) in [6.45, 7) is 5.25. The molecule has 4 nitrogen and oxygen atoms in total. The number of likely N-dealkylation sites (N-methyl/N-ethyl adjacent to an activating group) is 1. The second kappa shape index (κ2) is 8.86. The molecular weight excluding hydrogens is 228 g/mol. The zero-order valence-corrected chi connectivity index (χ0v) is 12.2. The Morgan fingerprint density at radius 2 is 2.22 bits per heavy atom. The Labute approximate surface area is 112 Å². The molecule has 0 heterocycles. The van der Waals surface area contributed by atoms with E-state index in [4.69, 9.17) is 4.74 Å². The molecule has 0 bridgehead atoms. The molecule has 0 aromatic heterocycles. The van der Waals surface area contributed by atoms with Crippen LogP contribution in [-0.4, -0.2) is 62.6 Å². The number of methoxy groups -OCH3 is 1. The maximum Gasteiger partial charge on any atom is 0.0791 e. The molecule has 0 aliphatic heterocycles. The summed E-state index contributed by atoms with van der Waals surface area (Å²) in [5.41, 5.74) is 0. The van der Waals surface area contributed by atoms with E-state index in [9.17, 15) is 5.11 Å². The fourth-order valence-corrected chi connectivity index (χ4v) is 2.79. The molecule has 0 aromatic rings. The number of ether oxygens (including phenoxy) is 1. The first kappa shape index (κ1) is 15.9. The average molecular weight is 258 g/mol. The molecule has 1 fully saturated rings. The van der Waals surface area contributed by atoms with Crippen molar-refractivity contribution >= 4 is 0 Å². The maximum atomic E-state index is 9.97. The van der Waals surface area contributed by atoms with Crippen LogP contribution in [-0.2, 0) is 4.74 Å². The third-order valence-electron chi connectivity index (χ3n) is 3.89. The molecule has 3 atom stereocenters. The van der Waals surface area contributed by atoms with Crippen molar-refractivity contribution in [1.29, 1.82) is 0 Å². The Balaban J connectivity index is 2.15. The van der Waals surface area contributed by atoms with Crippen molar-refractivity contribution in [1.82, 2.24) is 10.2 Å². The van der Waals surface area contributed by atoms with E-state index in [2.05, 4.69) is 24.2 Å². The predicted octanol–water partition coefficient (Wildman–Crippen LogP) is 1.09. The lowest BCUT2D eigenvalue weighted by atomic mass is 9.86. The van der Waals surface area contributed by atoms with Crippen molar-refractivity contribution in [2.45, 2.75) is 44.8 Å². The van der Waals surface area contributed by atoms with E-state index in [0.29, 0.717) is 19.2 Å². The average Bonchev–Trinajstić information content (AvgIpc) is 2.34. The number of hydrogen-bond donors (Lipinski definition) is 2. The van der Waals surface area contributed by atoms with Crippen LogP contribution in [0.1, 0.15) is 32.6 Å². The minimum absolute atomic E-state index is 0.288. The second-order valence-electron chi connectivity index (χ2n) is 5.72. The molecule has 1 aliphatic carbocycles. The van der Waals surface area contributed by atoms with Crippen LogP contribution in [0.4, 0.5) is 0 Å². The summed E-state index contributed by atoms with van der Waals surface area (Å²) < 4.78 is 4.96. The zero-order chi connectivity index (χ0) is 13.4. The minimum atomic E-state index is -0.288. The highest BCUT2D eigenvalue weighted by molar-refractivity contribution is 4.78. The number of aliphatic hydroxyl groups excluding tert-OH is 1. The van der Waals surface area contributed by atoms with E-state index >= 15 is 0 Å². The van der Waals surface area contributed by atoms with Gasteiger partial charge in [0.05, 0.1) is 12.7 Å². The lowest BCUT2D eigenvalue weighted by molar-refractivity contribution is 0.0813. The monoisotopic (exact) mass is 258 g/mol. The number of rotatable bonds is 8. The quantitative estimate of drug-likeness (QED) is 0.640. The largest absolute Gasteiger partial charge is 0.390 e. The van der Waals surface area contributed by atoms with Gasteiger partial charge in [0.25, 0.3) is 0 Å². The van der Waals surface area contributed by atoms with Crippen molar-refractivity contribution in [2.75, 3.05) is 40.4 Å². The minimum Gasteiger partial charge on any atom is -0.390 e. The van der Waals surface area contributed by atoms with Gasteiger partial charge in [0.2, 0.25) is 0 Å². The molecule has 108 valence electrons. The fraction of sp³-hybridized carbons (Fsp3) is 1.00. The van der Waals surface area contributed by atoms with Gasteiger partial charge in [-0.25, -0.2) is 0 Å². The maximum absolute atomic E-state index is 9.97. The van der Waals surface area contributed by atoms with Gasteiger partial charge in [-0.15, -0.1) is 0 Å². The molecule has 1 saturated carbocycles. The van der Waals surface area contributed by atoms with Gasteiger partial charge < -0.3 is 20.1 Å². The first-order chi connectivity index (χ1) is 8.63. The van der Waals surface area contributed by atoms with Crippen LogP contribution in [0.25, 0.3) is 0 Å². The van der Waals surface area contributed by atoms with Crippen molar-refractivity contribution in [3.8, 4) is 0 Å². The second-order valence-corrected chi connectivity index (χ2v) is 5.72. The zero-order valence-electron chi connectivity index (χ0n) is 12.2. The third-order valence-corrected chi connectivity index (χ3v) is 3.89. The highest BCUT2D eigenvalue weighted by Crippen LogP contribution is 2.26. The van der Waals surface area contributed by atoms with Crippen LogP contribution in [0.5, 0.6) is 0 Å². The van der Waals surface area contributed by atoms with Crippen molar-refractivity contribution < 1.29 is 9.84 Å². The van der Waals surface area contributed by atoms with Crippen LogP contribution < -0.4 is 5.32 Å². The highest BCUT2D eigenvalue weighted by atomic mass is 16.5. The summed E-state index contributed by atoms with van der Waals surface area (Å²) in [5, 5.41) is 13.2. The van der Waals surface area contributed by atoms with Crippen molar-refractivity contribution in [3.63, 3.8) is 0 Å². The Bertz CT molecular complexity index is 214. The Morgan fingerprint density at radius 1 is 1.44 bits per heavy atom. The van der Waals surface area contributed by atoms with Crippen molar-refractivity contribution in [3.05, 3.63) is 0 Å². The number of nitrogens with one attached hydrogen (secondary N) is 1. The number of hydrogen-bond acceptors (Lipinski definition) is 4. The molecule has 1 rings (SSSR count).